The van der Waals surface area contributed by atoms with Gasteiger partial charge < -0.3 is 29.4 Å². The first-order valence-corrected chi connectivity index (χ1v) is 10.7. The van der Waals surface area contributed by atoms with Gasteiger partial charge in [-0.2, -0.15) is 0 Å². The Kier molecular flexibility index (Phi) is 6.18. The minimum atomic E-state index is -1.12. The first kappa shape index (κ1) is 21.2. The maximum absolute atomic E-state index is 11.9. The zero-order valence-corrected chi connectivity index (χ0v) is 18.8. The van der Waals surface area contributed by atoms with Crippen LogP contribution >= 0.6 is 0 Å². The standard InChI is InChI=1S/C21H27N5O8/c1-10(27)31-7-15-17(32-11(2)28)18(33-12(3)29)21(34-15)26-9-24-16-19(22-8-23-20(16)26)25-13-5-4-6-14(13)30/h8-9,13-15,17-18,21,30H,4-7H2,1-3H3,(H,22,23,25)/t13-,14-,15+,17+,18+,21+/m0/s1/i4D,5D,8+1,22+1/t4?,5?,13-,14-,15+,17+,18+,21+. The predicted octanol–water partition coefficient (Wildman–Crippen LogP) is 0.475. The monoisotopic (exact) mass is 481 g/mol. The molecule has 1 saturated carbocycles. The lowest BCUT2D eigenvalue weighted by Crippen LogP contribution is -2.40. The van der Waals surface area contributed by atoms with Crippen molar-refractivity contribution in [2.75, 3.05) is 11.9 Å². The Balaban J connectivity index is 1.68. The lowest BCUT2D eigenvalue weighted by Gasteiger charge is -2.23. The lowest BCUT2D eigenvalue weighted by molar-refractivity contribution is -0.166. The summed E-state index contributed by atoms with van der Waals surface area (Å²) in [6, 6.07) is -0.728. The summed E-state index contributed by atoms with van der Waals surface area (Å²) in [5.41, 5.74) is 0.545. The summed E-state index contributed by atoms with van der Waals surface area (Å²) in [5, 5.41) is 13.3. The summed E-state index contributed by atoms with van der Waals surface area (Å²) in [6.45, 7) is 3.35. The van der Waals surface area contributed by atoms with Crippen LogP contribution in [0.4, 0.5) is 5.82 Å². The molecule has 0 radical (unpaired) electrons. The number of aromatic nitrogens is 4. The van der Waals surface area contributed by atoms with Gasteiger partial charge in [-0.3, -0.25) is 19.0 Å². The van der Waals surface area contributed by atoms with Gasteiger partial charge in [0, 0.05) is 23.5 Å². The molecule has 1 aliphatic heterocycles. The lowest BCUT2D eigenvalue weighted by atomic mass is 10.1. The number of aliphatic hydroxyl groups is 1. The van der Waals surface area contributed by atoms with Gasteiger partial charge in [0.1, 0.15) is 19.0 Å². The molecule has 0 amide bonds. The van der Waals surface area contributed by atoms with Crippen molar-refractivity contribution in [3.63, 3.8) is 0 Å². The van der Waals surface area contributed by atoms with Crippen molar-refractivity contribution < 1.29 is 41.2 Å². The number of hydrogen-bond donors (Lipinski definition) is 2. The van der Waals surface area contributed by atoms with Gasteiger partial charge in [-0.1, -0.05) is 0 Å². The molecule has 2 fully saturated rings. The first-order chi connectivity index (χ1) is 17.1. The van der Waals surface area contributed by atoms with E-state index in [0.717, 1.165) is 0 Å². The minimum Gasteiger partial charge on any atom is -0.463 e. The molecule has 2 N–H and O–H groups in total. The van der Waals surface area contributed by atoms with Gasteiger partial charge in [-0.25, -0.2) is 15.0 Å². The average Bonchev–Trinajstić information content (AvgIpc) is 3.43. The van der Waals surface area contributed by atoms with Crippen LogP contribution in [0.5, 0.6) is 0 Å². The molecule has 184 valence electrons. The Hall–Kier alpha value is -3.32. The molecule has 34 heavy (non-hydrogen) atoms. The molecule has 2 aromatic rings. The molecule has 3 heterocycles. The number of nitrogens with one attached hydrogen (secondary N) is 1. The normalized spacial score (nSPS) is 33.8. The Labute approximate surface area is 197 Å². The quantitative estimate of drug-likeness (QED) is 0.416. The van der Waals surface area contributed by atoms with Gasteiger partial charge >= 0.3 is 17.9 Å². The molecule has 0 spiro atoms. The van der Waals surface area contributed by atoms with Crippen LogP contribution in [-0.4, -0.2) is 79.6 Å². The van der Waals surface area contributed by atoms with Gasteiger partial charge in [-0.05, 0) is 19.2 Å². The number of aliphatic hydroxyl groups excluding tert-OH is 1. The molecular weight excluding hydrogens is 452 g/mol. The number of nitrogens with zero attached hydrogens (tertiary/aromatic N) is 4. The molecule has 13 heteroatoms. The number of carbonyl (C=O) groups excluding carboxylic acids is 3. The molecule has 2 unspecified atom stereocenters. The van der Waals surface area contributed by atoms with E-state index >= 15 is 0 Å². The highest BCUT2D eigenvalue weighted by molar-refractivity contribution is 5.83. The van der Waals surface area contributed by atoms with Crippen LogP contribution in [0.2, 0.25) is 0 Å². The first-order valence-electron chi connectivity index (χ1n) is 11.8. The number of imidazole rings is 1. The van der Waals surface area contributed by atoms with E-state index in [1.165, 1.54) is 38.0 Å². The summed E-state index contributed by atoms with van der Waals surface area (Å²) >= 11 is 0. The fourth-order valence-electron chi connectivity index (χ4n) is 4.00. The van der Waals surface area contributed by atoms with Crippen molar-refractivity contribution >= 4 is 34.9 Å². The predicted molar refractivity (Wildman–Crippen MR) is 114 cm³/mol. The maximum atomic E-state index is 11.9. The Morgan fingerprint density at radius 2 is 1.91 bits per heavy atom. The average molecular weight is 481 g/mol. The van der Waals surface area contributed by atoms with Gasteiger partial charge in [0.25, 0.3) is 0 Å². The summed E-state index contributed by atoms with van der Waals surface area (Å²) in [5.74, 6) is -1.63. The highest BCUT2D eigenvalue weighted by Gasteiger charge is 2.51. The molecule has 2 aromatic heterocycles. The molecule has 8 atom stereocenters. The van der Waals surface area contributed by atoms with Crippen LogP contribution in [0.15, 0.2) is 12.7 Å². The molecule has 4 rings (SSSR count). The smallest absolute Gasteiger partial charge is 0.303 e. The number of hydrogen-bond acceptors (Lipinski definition) is 12. The van der Waals surface area contributed by atoms with Crippen molar-refractivity contribution in [2.24, 2.45) is 0 Å². The van der Waals surface area contributed by atoms with Crippen molar-refractivity contribution in [2.45, 2.75) is 76.7 Å². The van der Waals surface area contributed by atoms with Crippen molar-refractivity contribution in [3.05, 3.63) is 12.7 Å². The highest BCUT2D eigenvalue weighted by atomic mass is 16.7. The van der Waals surface area contributed by atoms with Crippen LogP contribution in [0, 0.1) is 0 Å². The molecule has 1 saturated heterocycles. The summed E-state index contributed by atoms with van der Waals surface area (Å²) < 4.78 is 39.5. The second-order valence-corrected chi connectivity index (χ2v) is 7.96. The van der Waals surface area contributed by atoms with Gasteiger partial charge in [0.15, 0.2) is 35.4 Å². The van der Waals surface area contributed by atoms with E-state index in [4.69, 9.17) is 21.7 Å². The van der Waals surface area contributed by atoms with E-state index in [9.17, 15) is 19.5 Å². The van der Waals surface area contributed by atoms with E-state index in [0.29, 0.717) is 0 Å². The molecule has 1 aliphatic carbocycles. The largest absolute Gasteiger partial charge is 0.463 e. The van der Waals surface area contributed by atoms with Crippen LogP contribution in [0.3, 0.4) is 0 Å². The van der Waals surface area contributed by atoms with E-state index in [2.05, 4.69) is 20.3 Å². The SMILES string of the molecule is [2H]C1C[C@H](O)[C@@H](Nc2[15n][13cH]nc3c2ncn3[C@@H]2O[C@H](COC(C)=O)[C@@H](OC(C)=O)[C@H]2OC(C)=O)C1[2H]. The zero-order valence-electron chi connectivity index (χ0n) is 20.8. The number of fused-ring (bicyclic) bond motifs is 1. The van der Waals surface area contributed by atoms with Crippen LogP contribution in [0.1, 0.15) is 49.0 Å². The summed E-state index contributed by atoms with van der Waals surface area (Å²) in [4.78, 5) is 47.8. The Morgan fingerprint density at radius 1 is 1.18 bits per heavy atom. The Morgan fingerprint density at radius 3 is 2.56 bits per heavy atom. The second-order valence-electron chi connectivity index (χ2n) is 7.96. The number of carbonyl (C=O) groups is 3. The third-order valence-corrected chi connectivity index (χ3v) is 5.41. The van der Waals surface area contributed by atoms with E-state index in [-0.39, 0.29) is 30.0 Å². The topological polar surface area (TPSA) is 164 Å². The third kappa shape index (κ3) is 4.94. The third-order valence-electron chi connectivity index (χ3n) is 5.41. The minimum absolute atomic E-state index is 0.162. The van der Waals surface area contributed by atoms with E-state index in [1.54, 1.807) is 0 Å². The van der Waals surface area contributed by atoms with Crippen molar-refractivity contribution in [3.8, 4) is 0 Å². The summed E-state index contributed by atoms with van der Waals surface area (Å²) in [6.07, 6.45) is -3.93. The number of anilines is 1. The number of ether oxygens (including phenoxy) is 4. The summed E-state index contributed by atoms with van der Waals surface area (Å²) in [7, 11) is 0. The van der Waals surface area contributed by atoms with Crippen molar-refractivity contribution in [1.82, 2.24) is 19.5 Å². The van der Waals surface area contributed by atoms with Gasteiger partial charge in [0.2, 0.25) is 0 Å². The molecule has 13 nitrogen and oxygen atoms in total. The van der Waals surface area contributed by atoms with Gasteiger partial charge in [-0.15, -0.1) is 0 Å². The van der Waals surface area contributed by atoms with Crippen LogP contribution < -0.4 is 5.32 Å². The van der Waals surface area contributed by atoms with Crippen LogP contribution in [-0.2, 0) is 33.3 Å². The fourth-order valence-corrected chi connectivity index (χ4v) is 4.00. The number of esters is 3. The Bertz CT molecular complexity index is 1150. The van der Waals surface area contributed by atoms with Crippen LogP contribution in [0.25, 0.3) is 11.2 Å². The number of rotatable bonds is 7. The molecular formula is C21H27N5O8. The molecule has 2 aliphatic rings. The zero-order chi connectivity index (χ0) is 26.1. The van der Waals surface area contributed by atoms with Gasteiger partial charge in [0.05, 0.1) is 18.5 Å². The molecule has 0 aromatic carbocycles. The fraction of sp³-hybridized carbons (Fsp3) is 0.619. The van der Waals surface area contributed by atoms with Crippen molar-refractivity contribution in [1.29, 1.82) is 0 Å². The molecule has 0 bridgehead atoms. The second kappa shape index (κ2) is 9.89. The van der Waals surface area contributed by atoms with E-state index < -0.39 is 67.4 Å². The maximum Gasteiger partial charge on any atom is 0.303 e. The van der Waals surface area contributed by atoms with E-state index in [1.807, 2.05) is 0 Å². The highest BCUT2D eigenvalue weighted by Crippen LogP contribution is 2.36.